The number of aryl methyl sites for hydroxylation is 1. The molecule has 0 aliphatic carbocycles. The van der Waals surface area contributed by atoms with Gasteiger partial charge in [-0.25, -0.2) is 12.7 Å². The first-order valence-electron chi connectivity index (χ1n) is 6.51. The molecular weight excluding hydrogens is 362 g/mol. The zero-order valence-electron chi connectivity index (χ0n) is 11.6. The molecule has 0 bridgehead atoms. The van der Waals surface area contributed by atoms with E-state index in [1.165, 1.54) is 21.9 Å². The van der Waals surface area contributed by atoms with Crippen molar-refractivity contribution in [1.29, 1.82) is 0 Å². The van der Waals surface area contributed by atoms with Crippen LogP contribution in [-0.2, 0) is 10.0 Å². The van der Waals surface area contributed by atoms with Crippen LogP contribution in [0.5, 0.6) is 0 Å². The zero-order valence-corrected chi connectivity index (χ0v) is 14.8. The highest BCUT2D eigenvalue weighted by molar-refractivity contribution is 9.11. The minimum absolute atomic E-state index is 0.115. The van der Waals surface area contributed by atoms with Gasteiger partial charge in [0.1, 0.15) is 0 Å². The van der Waals surface area contributed by atoms with Crippen LogP contribution < -0.4 is 0 Å². The molecule has 0 saturated carbocycles. The van der Waals surface area contributed by atoms with E-state index in [1.54, 1.807) is 0 Å². The van der Waals surface area contributed by atoms with Crippen molar-refractivity contribution < 1.29 is 13.2 Å². The minimum Gasteiger partial charge on any atom is -0.293 e. The zero-order chi connectivity index (χ0) is 14.9. The molecule has 1 aromatic rings. The van der Waals surface area contributed by atoms with Gasteiger partial charge in [-0.05, 0) is 53.2 Å². The van der Waals surface area contributed by atoms with Crippen LogP contribution >= 0.6 is 27.3 Å². The molecule has 2 rings (SSSR count). The highest BCUT2D eigenvalue weighted by Gasteiger charge is 2.27. The topological polar surface area (TPSA) is 54.5 Å². The van der Waals surface area contributed by atoms with Crippen LogP contribution in [0.4, 0.5) is 0 Å². The van der Waals surface area contributed by atoms with Crippen molar-refractivity contribution in [3.05, 3.63) is 20.3 Å². The third-order valence-corrected chi connectivity index (χ3v) is 7.00. The molecule has 20 heavy (non-hydrogen) atoms. The van der Waals surface area contributed by atoms with E-state index in [4.69, 9.17) is 0 Å². The van der Waals surface area contributed by atoms with Crippen LogP contribution in [0, 0.1) is 12.8 Å². The molecule has 7 heteroatoms. The number of halogens is 1. The minimum atomic E-state index is -3.14. The summed E-state index contributed by atoms with van der Waals surface area (Å²) in [5.41, 5.74) is 1.07. The van der Waals surface area contributed by atoms with Crippen LogP contribution in [-0.4, -0.2) is 37.9 Å². The molecule has 1 unspecified atom stereocenters. The van der Waals surface area contributed by atoms with Crippen LogP contribution in [0.3, 0.4) is 0 Å². The Morgan fingerprint density at radius 2 is 2.25 bits per heavy atom. The molecule has 0 radical (unpaired) electrons. The number of sulfonamides is 1. The summed E-state index contributed by atoms with van der Waals surface area (Å²) in [6, 6.07) is 1.90. The van der Waals surface area contributed by atoms with Crippen molar-refractivity contribution in [3.8, 4) is 0 Å². The lowest BCUT2D eigenvalue weighted by molar-refractivity contribution is 0.0946. The number of hydrogen-bond donors (Lipinski definition) is 0. The Bertz CT molecular complexity index is 590. The largest absolute Gasteiger partial charge is 0.293 e. The molecule has 0 N–H and O–H groups in total. The van der Waals surface area contributed by atoms with Crippen LogP contribution in [0.15, 0.2) is 9.85 Å². The van der Waals surface area contributed by atoms with Gasteiger partial charge in [-0.15, -0.1) is 11.3 Å². The van der Waals surface area contributed by atoms with Crippen LogP contribution in [0.2, 0.25) is 0 Å². The Kier molecular flexibility index (Phi) is 5.05. The summed E-state index contributed by atoms with van der Waals surface area (Å²) in [6.07, 6.45) is 3.41. The lowest BCUT2D eigenvalue weighted by Crippen LogP contribution is -2.39. The summed E-state index contributed by atoms with van der Waals surface area (Å²) >= 11 is 4.88. The van der Waals surface area contributed by atoms with Gasteiger partial charge in [-0.3, -0.25) is 4.79 Å². The molecule has 1 aromatic heterocycles. The maximum atomic E-state index is 12.3. The monoisotopic (exact) mass is 379 g/mol. The van der Waals surface area contributed by atoms with Gasteiger partial charge in [0.25, 0.3) is 0 Å². The van der Waals surface area contributed by atoms with Crippen molar-refractivity contribution in [2.75, 3.05) is 19.3 Å². The number of hydrogen-bond acceptors (Lipinski definition) is 4. The first-order chi connectivity index (χ1) is 9.27. The quantitative estimate of drug-likeness (QED) is 0.755. The molecule has 1 fully saturated rings. The van der Waals surface area contributed by atoms with E-state index in [0.717, 1.165) is 27.1 Å². The van der Waals surface area contributed by atoms with E-state index in [9.17, 15) is 13.2 Å². The first kappa shape index (κ1) is 16.1. The number of rotatable bonds is 4. The molecule has 1 atom stereocenters. The average Bonchev–Trinajstić information content (AvgIpc) is 2.69. The van der Waals surface area contributed by atoms with Crippen molar-refractivity contribution in [2.24, 2.45) is 5.92 Å². The number of piperidine rings is 1. The second-order valence-electron chi connectivity index (χ2n) is 5.32. The highest BCUT2D eigenvalue weighted by Crippen LogP contribution is 2.30. The molecule has 0 aromatic carbocycles. The summed E-state index contributed by atoms with van der Waals surface area (Å²) in [5.74, 6) is 0.247. The number of Topliss-reactive ketones (excluding diaryl/α,β-unsaturated/α-hetero) is 1. The second kappa shape index (κ2) is 6.25. The molecular formula is C13H18BrNO3S2. The molecule has 1 aliphatic heterocycles. The summed E-state index contributed by atoms with van der Waals surface area (Å²) in [4.78, 5) is 13.0. The number of nitrogens with zero attached hydrogens (tertiary/aromatic N) is 1. The van der Waals surface area contributed by atoms with Gasteiger partial charge in [0.15, 0.2) is 5.78 Å². The Hall–Kier alpha value is -0.240. The predicted octanol–water partition coefficient (Wildman–Crippen LogP) is 3.06. The molecule has 4 nitrogen and oxygen atoms in total. The molecule has 1 saturated heterocycles. The third kappa shape index (κ3) is 3.90. The van der Waals surface area contributed by atoms with Gasteiger partial charge in [-0.1, -0.05) is 0 Å². The standard InChI is InChI=1S/C13H18BrNO3S2/c1-9-6-12(19-13(9)14)11(16)7-10-4-3-5-15(8-10)20(2,17)18/h6,10H,3-5,7-8H2,1-2H3. The maximum Gasteiger partial charge on any atom is 0.211 e. The van der Waals surface area contributed by atoms with Crippen molar-refractivity contribution >= 4 is 43.1 Å². The normalized spacial score (nSPS) is 21.1. The number of carbonyl (C=O) groups is 1. The van der Waals surface area contributed by atoms with Crippen molar-refractivity contribution in [1.82, 2.24) is 4.31 Å². The third-order valence-electron chi connectivity index (χ3n) is 3.56. The van der Waals surface area contributed by atoms with Gasteiger partial charge < -0.3 is 0 Å². The second-order valence-corrected chi connectivity index (χ2v) is 9.68. The lowest BCUT2D eigenvalue weighted by Gasteiger charge is -2.30. The molecule has 112 valence electrons. The summed E-state index contributed by atoms with van der Waals surface area (Å²) in [7, 11) is -3.14. The SMILES string of the molecule is Cc1cc(C(=O)CC2CCCN(S(C)(=O)=O)C2)sc1Br. The van der Waals surface area contributed by atoms with Gasteiger partial charge in [0.05, 0.1) is 14.9 Å². The van der Waals surface area contributed by atoms with E-state index < -0.39 is 10.0 Å². The number of carbonyl (C=O) groups excluding carboxylic acids is 1. The Labute approximate surface area is 132 Å². The van der Waals surface area contributed by atoms with Crippen molar-refractivity contribution in [2.45, 2.75) is 26.2 Å². The van der Waals surface area contributed by atoms with E-state index in [0.29, 0.717) is 19.5 Å². The number of thiophene rings is 1. The van der Waals surface area contributed by atoms with Gasteiger partial charge in [0.2, 0.25) is 10.0 Å². The van der Waals surface area contributed by atoms with Gasteiger partial charge in [0, 0.05) is 19.5 Å². The first-order valence-corrected chi connectivity index (χ1v) is 9.97. The Balaban J connectivity index is 2.01. The summed E-state index contributed by atoms with van der Waals surface area (Å²) in [5, 5.41) is 0. The fourth-order valence-corrected chi connectivity index (χ4v) is 4.88. The smallest absolute Gasteiger partial charge is 0.211 e. The van der Waals surface area contributed by atoms with Gasteiger partial charge in [-0.2, -0.15) is 0 Å². The Morgan fingerprint density at radius 1 is 1.55 bits per heavy atom. The molecule has 0 amide bonds. The average molecular weight is 380 g/mol. The van der Waals surface area contributed by atoms with Crippen LogP contribution in [0.1, 0.15) is 34.5 Å². The van der Waals surface area contributed by atoms with E-state index in [1.807, 2.05) is 13.0 Å². The Morgan fingerprint density at radius 3 is 2.80 bits per heavy atom. The number of ketones is 1. The van der Waals surface area contributed by atoms with Gasteiger partial charge >= 0.3 is 0 Å². The molecule has 2 heterocycles. The van der Waals surface area contributed by atoms with E-state index >= 15 is 0 Å². The molecule has 1 aliphatic rings. The fourth-order valence-electron chi connectivity index (χ4n) is 2.45. The van der Waals surface area contributed by atoms with E-state index in [-0.39, 0.29) is 11.7 Å². The maximum absolute atomic E-state index is 12.3. The highest BCUT2D eigenvalue weighted by atomic mass is 79.9. The van der Waals surface area contributed by atoms with E-state index in [2.05, 4.69) is 15.9 Å². The van der Waals surface area contributed by atoms with Crippen LogP contribution in [0.25, 0.3) is 0 Å². The predicted molar refractivity (Wildman–Crippen MR) is 84.8 cm³/mol. The lowest BCUT2D eigenvalue weighted by atomic mass is 9.94. The summed E-state index contributed by atoms with van der Waals surface area (Å²) < 4.78 is 25.6. The van der Waals surface area contributed by atoms with Crippen molar-refractivity contribution in [3.63, 3.8) is 0 Å². The molecule has 0 spiro atoms. The summed E-state index contributed by atoms with van der Waals surface area (Å²) in [6.45, 7) is 3.01. The fraction of sp³-hybridized carbons (Fsp3) is 0.615.